The maximum absolute atomic E-state index is 14.3. The van der Waals surface area contributed by atoms with Gasteiger partial charge in [-0.15, -0.1) is 0 Å². The Labute approximate surface area is 238 Å². The molecule has 1 heterocycles. The number of benzene rings is 2. The van der Waals surface area contributed by atoms with E-state index in [1.54, 1.807) is 7.11 Å². The highest BCUT2D eigenvalue weighted by atomic mass is 16.5. The van der Waals surface area contributed by atoms with Crippen molar-refractivity contribution in [1.29, 1.82) is 0 Å². The molecule has 4 saturated carbocycles. The molecule has 4 bridgehead atoms. The van der Waals surface area contributed by atoms with E-state index >= 15 is 0 Å². The predicted molar refractivity (Wildman–Crippen MR) is 158 cm³/mol. The zero-order chi connectivity index (χ0) is 27.9. The van der Waals surface area contributed by atoms with Crippen molar-refractivity contribution in [1.82, 2.24) is 14.8 Å². The van der Waals surface area contributed by atoms with Crippen molar-refractivity contribution in [3.63, 3.8) is 0 Å². The zero-order valence-corrected chi connectivity index (χ0v) is 24.2. The normalized spacial score (nSPS) is 24.9. The molecular formula is C34H43N3O3. The van der Waals surface area contributed by atoms with Crippen molar-refractivity contribution in [3.05, 3.63) is 65.9 Å². The molecule has 0 spiro atoms. The molecular weight excluding hydrogens is 498 g/mol. The third-order valence-electron chi connectivity index (χ3n) is 9.91. The van der Waals surface area contributed by atoms with E-state index in [1.165, 1.54) is 30.2 Å². The molecule has 212 valence electrons. The lowest BCUT2D eigenvalue weighted by atomic mass is 9.49. The van der Waals surface area contributed by atoms with Gasteiger partial charge in [-0.05, 0) is 94.2 Å². The van der Waals surface area contributed by atoms with Crippen molar-refractivity contribution >= 4 is 22.7 Å². The Morgan fingerprint density at radius 2 is 1.60 bits per heavy atom. The van der Waals surface area contributed by atoms with Gasteiger partial charge in [0.25, 0.3) is 0 Å². The summed E-state index contributed by atoms with van der Waals surface area (Å²) < 4.78 is 5.62. The molecule has 0 saturated heterocycles. The number of fused-ring (bicyclic) bond motifs is 1. The number of hydrogen-bond acceptors (Lipinski definition) is 3. The Morgan fingerprint density at radius 1 is 0.950 bits per heavy atom. The summed E-state index contributed by atoms with van der Waals surface area (Å²) in [6, 6.07) is 16.1. The Balaban J connectivity index is 1.23. The summed E-state index contributed by atoms with van der Waals surface area (Å²) in [7, 11) is 1.67. The largest absolute Gasteiger partial charge is 0.496 e. The summed E-state index contributed by atoms with van der Waals surface area (Å²) >= 11 is 0. The van der Waals surface area contributed by atoms with Crippen LogP contribution in [0.5, 0.6) is 5.75 Å². The second kappa shape index (κ2) is 10.9. The number of H-pyrrole nitrogens is 1. The average Bonchev–Trinajstić information content (AvgIpc) is 3.36. The smallest absolute Gasteiger partial charge is 0.242 e. The molecule has 3 aromatic rings. The quantitative estimate of drug-likeness (QED) is 0.332. The molecule has 2 aromatic carbocycles. The van der Waals surface area contributed by atoms with Gasteiger partial charge in [0.1, 0.15) is 12.3 Å². The fourth-order valence-electron chi connectivity index (χ4n) is 8.34. The Bertz CT molecular complexity index is 1340. The summed E-state index contributed by atoms with van der Waals surface area (Å²) in [5.74, 6) is 3.08. The van der Waals surface area contributed by atoms with Crippen LogP contribution in [0.15, 0.2) is 54.7 Å². The molecule has 1 N–H and O–H groups in total. The zero-order valence-electron chi connectivity index (χ0n) is 24.2. The van der Waals surface area contributed by atoms with E-state index in [4.69, 9.17) is 4.74 Å². The molecule has 7 rings (SSSR count). The van der Waals surface area contributed by atoms with Gasteiger partial charge in [-0.25, -0.2) is 0 Å². The molecule has 0 radical (unpaired) electrons. The molecule has 0 atom stereocenters. The van der Waals surface area contributed by atoms with E-state index in [0.29, 0.717) is 30.8 Å². The van der Waals surface area contributed by atoms with Crippen LogP contribution < -0.4 is 4.74 Å². The van der Waals surface area contributed by atoms with Crippen LogP contribution in [0.2, 0.25) is 0 Å². The van der Waals surface area contributed by atoms with Crippen LogP contribution in [-0.4, -0.2) is 52.8 Å². The minimum Gasteiger partial charge on any atom is -0.496 e. The summed E-state index contributed by atoms with van der Waals surface area (Å²) in [5.41, 5.74) is 3.02. The number of nitrogens with zero attached hydrogens (tertiary/aromatic N) is 2. The van der Waals surface area contributed by atoms with E-state index in [-0.39, 0.29) is 29.8 Å². The number of nitrogens with one attached hydrogen (secondary N) is 1. The fourth-order valence-corrected chi connectivity index (χ4v) is 8.34. The molecule has 0 aliphatic heterocycles. The first-order valence-electron chi connectivity index (χ1n) is 15.1. The number of rotatable bonds is 10. The predicted octanol–water partition coefficient (Wildman–Crippen LogP) is 6.20. The van der Waals surface area contributed by atoms with Crippen LogP contribution in [0.1, 0.15) is 63.5 Å². The Morgan fingerprint density at radius 3 is 2.27 bits per heavy atom. The van der Waals surface area contributed by atoms with Crippen LogP contribution >= 0.6 is 0 Å². The molecule has 2 amide bonds. The van der Waals surface area contributed by atoms with Crippen LogP contribution in [0.3, 0.4) is 0 Å². The molecule has 40 heavy (non-hydrogen) atoms. The Hall–Kier alpha value is -3.28. The molecule has 1 aromatic heterocycles. The van der Waals surface area contributed by atoms with Gasteiger partial charge in [0.2, 0.25) is 11.8 Å². The first-order valence-corrected chi connectivity index (χ1v) is 15.1. The molecule has 6 nitrogen and oxygen atoms in total. The third-order valence-corrected chi connectivity index (χ3v) is 9.91. The number of ether oxygens (including phenoxy) is 1. The van der Waals surface area contributed by atoms with Gasteiger partial charge in [-0.1, -0.05) is 36.4 Å². The number of aromatic nitrogens is 1. The molecule has 4 fully saturated rings. The summed E-state index contributed by atoms with van der Waals surface area (Å²) in [6.45, 7) is 5.25. The van der Waals surface area contributed by atoms with Crippen LogP contribution in [-0.2, 0) is 22.6 Å². The fraction of sp³-hybridized carbons (Fsp3) is 0.529. The minimum atomic E-state index is -0.253. The van der Waals surface area contributed by atoms with E-state index in [2.05, 4.69) is 31.0 Å². The maximum Gasteiger partial charge on any atom is 0.242 e. The highest BCUT2D eigenvalue weighted by Gasteiger charge is 2.56. The van der Waals surface area contributed by atoms with E-state index in [1.807, 2.05) is 52.4 Å². The van der Waals surface area contributed by atoms with Crippen molar-refractivity contribution in [2.75, 3.05) is 20.2 Å². The SMILES string of the molecule is COc1ccccc1CN(CCc1c[nH]c2ccccc12)C(=O)CN(C(=O)C12CC3CC(CC(C3)C1)C2)C(C)C. The van der Waals surface area contributed by atoms with Gasteiger partial charge in [0.05, 0.1) is 12.5 Å². The van der Waals surface area contributed by atoms with Gasteiger partial charge in [0, 0.05) is 41.8 Å². The van der Waals surface area contributed by atoms with Crippen molar-refractivity contribution in [3.8, 4) is 5.75 Å². The molecule has 4 aliphatic carbocycles. The van der Waals surface area contributed by atoms with Gasteiger partial charge in [-0.3, -0.25) is 9.59 Å². The van der Waals surface area contributed by atoms with Crippen LogP contribution in [0, 0.1) is 23.2 Å². The Kier molecular flexibility index (Phi) is 7.37. The summed E-state index contributed by atoms with van der Waals surface area (Å²) in [4.78, 5) is 35.6. The number of amides is 2. The van der Waals surface area contributed by atoms with Crippen molar-refractivity contribution in [2.24, 2.45) is 23.2 Å². The van der Waals surface area contributed by atoms with Crippen molar-refractivity contribution < 1.29 is 14.3 Å². The molecule has 4 aliphatic rings. The summed E-state index contributed by atoms with van der Waals surface area (Å²) in [6.07, 6.45) is 9.72. The van der Waals surface area contributed by atoms with Crippen molar-refractivity contribution in [2.45, 2.75) is 71.4 Å². The number of methoxy groups -OCH3 is 1. The van der Waals surface area contributed by atoms with Crippen LogP contribution in [0.4, 0.5) is 0 Å². The first kappa shape index (κ1) is 26.9. The van der Waals surface area contributed by atoms with E-state index in [0.717, 1.165) is 42.5 Å². The van der Waals surface area contributed by atoms with Gasteiger partial charge >= 0.3 is 0 Å². The van der Waals surface area contributed by atoms with E-state index < -0.39 is 0 Å². The monoisotopic (exact) mass is 541 g/mol. The first-order chi connectivity index (χ1) is 19.3. The topological polar surface area (TPSA) is 65.6 Å². The number of hydrogen-bond donors (Lipinski definition) is 1. The lowest BCUT2D eigenvalue weighted by Gasteiger charge is -2.57. The molecule has 6 heteroatoms. The number of para-hydroxylation sites is 2. The average molecular weight is 542 g/mol. The van der Waals surface area contributed by atoms with Gasteiger partial charge in [0.15, 0.2) is 0 Å². The van der Waals surface area contributed by atoms with Crippen LogP contribution in [0.25, 0.3) is 10.9 Å². The highest BCUT2D eigenvalue weighted by molar-refractivity contribution is 5.89. The number of aromatic amines is 1. The standard InChI is InChI=1S/C34H43N3O3/c1-23(2)37(33(39)34-17-24-14-25(18-34)16-26(15-24)19-34)22-32(38)36(21-28-8-4-7-11-31(28)40-3)13-12-27-20-35-30-10-6-5-9-29(27)30/h4-11,20,23-26,35H,12-19,21-22H2,1-3H3. The lowest BCUT2D eigenvalue weighted by molar-refractivity contribution is -0.162. The second-order valence-electron chi connectivity index (χ2n) is 13.0. The lowest BCUT2D eigenvalue weighted by Crippen LogP contribution is -2.57. The van der Waals surface area contributed by atoms with Gasteiger partial charge < -0.3 is 19.5 Å². The second-order valence-corrected chi connectivity index (χ2v) is 13.0. The minimum absolute atomic E-state index is 0.00229. The number of carbonyl (C=O) groups excluding carboxylic acids is 2. The van der Waals surface area contributed by atoms with E-state index in [9.17, 15) is 9.59 Å². The summed E-state index contributed by atoms with van der Waals surface area (Å²) in [5, 5.41) is 1.19. The highest BCUT2D eigenvalue weighted by Crippen LogP contribution is 2.60. The maximum atomic E-state index is 14.3. The molecule has 0 unspecified atom stereocenters. The third kappa shape index (κ3) is 5.13. The van der Waals surface area contributed by atoms with Gasteiger partial charge in [-0.2, -0.15) is 0 Å². The number of carbonyl (C=O) groups is 2.